The lowest BCUT2D eigenvalue weighted by molar-refractivity contribution is 0.468. The van der Waals surface area contributed by atoms with E-state index in [2.05, 4.69) is 0 Å². The van der Waals surface area contributed by atoms with Crippen molar-refractivity contribution in [2.75, 3.05) is 0 Å². The van der Waals surface area contributed by atoms with Crippen molar-refractivity contribution in [2.24, 2.45) is 5.73 Å². The fraction of sp³-hybridized carbons (Fsp3) is 0. The van der Waals surface area contributed by atoms with E-state index in [0.29, 0.717) is 0 Å². The number of nitrogens with one attached hydrogen (secondary N) is 1. The molecule has 0 radical (unpaired) electrons. The molecule has 1 rings (SSSR count). The number of nitrogen functional groups attached to an aromatic ring is 1. The summed E-state index contributed by atoms with van der Waals surface area (Å²) in [6.45, 7) is 0. The Kier molecular flexibility index (Phi) is 1.76. The van der Waals surface area contributed by atoms with Crippen molar-refractivity contribution in [3.63, 3.8) is 0 Å². The second-order valence-electron chi connectivity index (χ2n) is 2.08. The van der Waals surface area contributed by atoms with Gasteiger partial charge >= 0.3 is 0 Å². The van der Waals surface area contributed by atoms with Crippen LogP contribution >= 0.6 is 0 Å². The number of hydrogen-bond acceptors (Lipinski definition) is 2. The molecular weight excluding hydrogens is 147 g/mol. The minimum Gasteiger partial charge on any atom is -0.507 e. The van der Waals surface area contributed by atoms with Crippen LogP contribution in [0.3, 0.4) is 0 Å². The lowest BCUT2D eigenvalue weighted by Crippen LogP contribution is -2.11. The Labute approximate surface area is 62.8 Å². The lowest BCUT2D eigenvalue weighted by atomic mass is 10.2. The SMILES string of the molecule is N=C(N)c1ccc(F)cc1O. The molecule has 0 heterocycles. The van der Waals surface area contributed by atoms with Crippen LogP contribution in [0.25, 0.3) is 0 Å². The molecule has 4 N–H and O–H groups in total. The number of halogens is 1. The third-order valence-electron chi connectivity index (χ3n) is 1.25. The van der Waals surface area contributed by atoms with Crippen molar-refractivity contribution in [3.8, 4) is 5.75 Å². The number of aromatic hydroxyl groups is 1. The number of nitrogens with two attached hydrogens (primary N) is 1. The maximum absolute atomic E-state index is 12.3. The van der Waals surface area contributed by atoms with Crippen LogP contribution in [0.1, 0.15) is 5.56 Å². The molecule has 0 bridgehead atoms. The summed E-state index contributed by atoms with van der Waals surface area (Å²) in [6.07, 6.45) is 0. The third-order valence-corrected chi connectivity index (χ3v) is 1.25. The van der Waals surface area contributed by atoms with E-state index in [-0.39, 0.29) is 17.1 Å². The number of rotatable bonds is 1. The van der Waals surface area contributed by atoms with E-state index in [1.807, 2.05) is 0 Å². The first kappa shape index (κ1) is 7.53. The van der Waals surface area contributed by atoms with Crippen LogP contribution in [0, 0.1) is 11.2 Å². The van der Waals surface area contributed by atoms with E-state index < -0.39 is 5.82 Å². The van der Waals surface area contributed by atoms with Crippen LogP contribution in [-0.2, 0) is 0 Å². The maximum Gasteiger partial charge on any atom is 0.129 e. The van der Waals surface area contributed by atoms with Crippen molar-refractivity contribution in [3.05, 3.63) is 29.6 Å². The quantitative estimate of drug-likeness (QED) is 0.414. The topological polar surface area (TPSA) is 70.1 Å². The zero-order valence-corrected chi connectivity index (χ0v) is 5.63. The molecule has 0 fully saturated rings. The van der Waals surface area contributed by atoms with Gasteiger partial charge in [0.05, 0.1) is 5.56 Å². The lowest BCUT2D eigenvalue weighted by Gasteiger charge is -2.00. The second kappa shape index (κ2) is 2.57. The summed E-state index contributed by atoms with van der Waals surface area (Å²) in [7, 11) is 0. The number of benzene rings is 1. The Balaban J connectivity index is 3.20. The van der Waals surface area contributed by atoms with Gasteiger partial charge in [0.15, 0.2) is 0 Å². The Morgan fingerprint density at radius 1 is 1.55 bits per heavy atom. The molecule has 0 saturated heterocycles. The van der Waals surface area contributed by atoms with Gasteiger partial charge in [-0.3, -0.25) is 5.41 Å². The van der Waals surface area contributed by atoms with Crippen molar-refractivity contribution in [1.82, 2.24) is 0 Å². The van der Waals surface area contributed by atoms with Gasteiger partial charge in [-0.2, -0.15) is 0 Å². The van der Waals surface area contributed by atoms with Gasteiger partial charge in [-0.25, -0.2) is 4.39 Å². The monoisotopic (exact) mass is 154 g/mol. The highest BCUT2D eigenvalue weighted by Crippen LogP contribution is 2.16. The fourth-order valence-electron chi connectivity index (χ4n) is 0.733. The first-order valence-electron chi connectivity index (χ1n) is 2.94. The largest absolute Gasteiger partial charge is 0.507 e. The van der Waals surface area contributed by atoms with Gasteiger partial charge in [0, 0.05) is 6.07 Å². The van der Waals surface area contributed by atoms with Gasteiger partial charge in [0.25, 0.3) is 0 Å². The third kappa shape index (κ3) is 1.46. The second-order valence-corrected chi connectivity index (χ2v) is 2.08. The Hall–Kier alpha value is -1.58. The highest BCUT2D eigenvalue weighted by Gasteiger charge is 2.03. The molecule has 4 heteroatoms. The van der Waals surface area contributed by atoms with E-state index >= 15 is 0 Å². The average molecular weight is 154 g/mol. The van der Waals surface area contributed by atoms with Gasteiger partial charge in [-0.15, -0.1) is 0 Å². The zero-order chi connectivity index (χ0) is 8.43. The van der Waals surface area contributed by atoms with Crippen LogP contribution < -0.4 is 5.73 Å². The van der Waals surface area contributed by atoms with Gasteiger partial charge in [0.1, 0.15) is 17.4 Å². The minimum atomic E-state index is -0.549. The molecule has 0 aliphatic heterocycles. The van der Waals surface area contributed by atoms with E-state index in [1.165, 1.54) is 6.07 Å². The van der Waals surface area contributed by atoms with Crippen LogP contribution in [0.15, 0.2) is 18.2 Å². The summed E-state index contributed by atoms with van der Waals surface area (Å²) in [5.74, 6) is -1.13. The zero-order valence-electron chi connectivity index (χ0n) is 5.63. The molecule has 58 valence electrons. The Bertz CT molecular complexity index is 298. The molecule has 0 aromatic heterocycles. The van der Waals surface area contributed by atoms with E-state index in [1.54, 1.807) is 0 Å². The Morgan fingerprint density at radius 3 is 2.64 bits per heavy atom. The van der Waals surface area contributed by atoms with Crippen molar-refractivity contribution in [1.29, 1.82) is 5.41 Å². The molecular formula is C7H7FN2O. The number of phenolic OH excluding ortho intramolecular Hbond substituents is 1. The van der Waals surface area contributed by atoms with Gasteiger partial charge < -0.3 is 10.8 Å². The van der Waals surface area contributed by atoms with E-state index in [9.17, 15) is 4.39 Å². The van der Waals surface area contributed by atoms with Crippen LogP contribution in [0.4, 0.5) is 4.39 Å². The molecule has 0 unspecified atom stereocenters. The maximum atomic E-state index is 12.3. The molecule has 0 aliphatic carbocycles. The van der Waals surface area contributed by atoms with Crippen LogP contribution in [0.5, 0.6) is 5.75 Å². The first-order chi connectivity index (χ1) is 5.11. The Morgan fingerprint density at radius 2 is 2.18 bits per heavy atom. The smallest absolute Gasteiger partial charge is 0.129 e. The predicted octanol–water partition coefficient (Wildman–Crippen LogP) is 0.815. The number of amidine groups is 1. The van der Waals surface area contributed by atoms with Crippen molar-refractivity contribution >= 4 is 5.84 Å². The summed E-state index contributed by atoms with van der Waals surface area (Å²) < 4.78 is 12.3. The number of hydrogen-bond donors (Lipinski definition) is 3. The minimum absolute atomic E-state index is 0.145. The number of phenols is 1. The summed E-state index contributed by atoms with van der Waals surface area (Å²) in [4.78, 5) is 0. The molecule has 1 aromatic rings. The average Bonchev–Trinajstić information content (AvgIpc) is 1.85. The summed E-state index contributed by atoms with van der Waals surface area (Å²) in [5.41, 5.74) is 5.21. The van der Waals surface area contributed by atoms with E-state index in [4.69, 9.17) is 16.2 Å². The van der Waals surface area contributed by atoms with Gasteiger partial charge in [0.2, 0.25) is 0 Å². The highest BCUT2D eigenvalue weighted by molar-refractivity contribution is 5.97. The molecule has 3 nitrogen and oxygen atoms in total. The van der Waals surface area contributed by atoms with Gasteiger partial charge in [-0.05, 0) is 12.1 Å². The molecule has 0 spiro atoms. The van der Waals surface area contributed by atoms with Gasteiger partial charge in [-0.1, -0.05) is 0 Å². The highest BCUT2D eigenvalue weighted by atomic mass is 19.1. The van der Waals surface area contributed by atoms with E-state index in [0.717, 1.165) is 12.1 Å². The van der Waals surface area contributed by atoms with Crippen LogP contribution in [-0.4, -0.2) is 10.9 Å². The fourth-order valence-corrected chi connectivity index (χ4v) is 0.733. The molecule has 0 aliphatic rings. The normalized spacial score (nSPS) is 9.55. The summed E-state index contributed by atoms with van der Waals surface area (Å²) >= 11 is 0. The summed E-state index contributed by atoms with van der Waals surface area (Å²) in [6, 6.07) is 3.31. The molecule has 1 aromatic carbocycles. The van der Waals surface area contributed by atoms with Crippen molar-refractivity contribution < 1.29 is 9.50 Å². The molecule has 11 heavy (non-hydrogen) atoms. The molecule has 0 atom stereocenters. The molecule has 0 saturated carbocycles. The van der Waals surface area contributed by atoms with Crippen LogP contribution in [0.2, 0.25) is 0 Å². The van der Waals surface area contributed by atoms with Crippen molar-refractivity contribution in [2.45, 2.75) is 0 Å². The first-order valence-corrected chi connectivity index (χ1v) is 2.94. The predicted molar refractivity (Wildman–Crippen MR) is 39.1 cm³/mol. The summed E-state index contributed by atoms with van der Waals surface area (Å²) in [5, 5.41) is 15.9. The standard InChI is InChI=1S/C7H7FN2O/c8-4-1-2-5(7(9)10)6(11)3-4/h1-3,11H,(H3,9,10). The molecule has 0 amide bonds.